The van der Waals surface area contributed by atoms with Crippen molar-refractivity contribution in [1.29, 1.82) is 0 Å². The van der Waals surface area contributed by atoms with Crippen LogP contribution in [0.5, 0.6) is 0 Å². The summed E-state index contributed by atoms with van der Waals surface area (Å²) in [5.74, 6) is 0.706. The highest BCUT2D eigenvalue weighted by atomic mass is 16.5. The largest absolute Gasteiger partial charge is 0.359 e. The van der Waals surface area contributed by atoms with Gasteiger partial charge in [0.25, 0.3) is 0 Å². The maximum atomic E-state index is 11.3. The van der Waals surface area contributed by atoms with Crippen LogP contribution in [-0.4, -0.2) is 17.6 Å². The lowest BCUT2D eigenvalue weighted by molar-refractivity contribution is -0.121. The van der Waals surface area contributed by atoms with Crippen LogP contribution in [0.15, 0.2) is 10.6 Å². The van der Waals surface area contributed by atoms with Crippen LogP contribution in [-0.2, 0) is 11.3 Å². The van der Waals surface area contributed by atoms with Crippen molar-refractivity contribution in [2.75, 3.05) is 6.54 Å². The smallest absolute Gasteiger partial charge is 0.220 e. The molecule has 1 amide bonds. The zero-order chi connectivity index (χ0) is 11.1. The van der Waals surface area contributed by atoms with E-state index >= 15 is 0 Å². The predicted octanol–water partition coefficient (Wildman–Crippen LogP) is 0.728. The maximum absolute atomic E-state index is 11.3. The molecule has 0 aliphatic heterocycles. The Hall–Kier alpha value is -1.36. The molecule has 5 heteroatoms. The highest BCUT2D eigenvalue weighted by Crippen LogP contribution is 2.01. The minimum Gasteiger partial charge on any atom is -0.359 e. The van der Waals surface area contributed by atoms with Crippen LogP contribution in [0.3, 0.4) is 0 Å². The number of carbonyl (C=O) groups is 1. The Morgan fingerprint density at radius 2 is 2.40 bits per heavy atom. The van der Waals surface area contributed by atoms with Gasteiger partial charge in [-0.3, -0.25) is 4.79 Å². The fraction of sp³-hybridized carbons (Fsp3) is 0.600. The molecule has 0 aliphatic rings. The highest BCUT2D eigenvalue weighted by molar-refractivity contribution is 5.75. The number of aryl methyl sites for hydroxylation is 1. The molecule has 0 unspecified atom stereocenters. The second-order valence-electron chi connectivity index (χ2n) is 3.46. The maximum Gasteiger partial charge on any atom is 0.220 e. The summed E-state index contributed by atoms with van der Waals surface area (Å²) < 4.78 is 4.96. The van der Waals surface area contributed by atoms with E-state index in [1.54, 1.807) is 6.07 Å². The summed E-state index contributed by atoms with van der Waals surface area (Å²) in [5.41, 5.74) is 6.15. The van der Waals surface area contributed by atoms with Crippen molar-refractivity contribution in [2.24, 2.45) is 5.73 Å². The Morgan fingerprint density at radius 1 is 1.60 bits per heavy atom. The van der Waals surface area contributed by atoms with Gasteiger partial charge in [-0.05, 0) is 26.3 Å². The number of carbonyl (C=O) groups excluding carboxylic acids is 1. The molecule has 0 fully saturated rings. The van der Waals surface area contributed by atoms with Crippen LogP contribution in [0.25, 0.3) is 0 Å². The van der Waals surface area contributed by atoms with E-state index in [-0.39, 0.29) is 5.91 Å². The van der Waals surface area contributed by atoms with Gasteiger partial charge in [-0.15, -0.1) is 0 Å². The van der Waals surface area contributed by atoms with Crippen molar-refractivity contribution in [2.45, 2.75) is 32.7 Å². The second kappa shape index (κ2) is 6.19. The van der Waals surface area contributed by atoms with E-state index in [0.717, 1.165) is 18.5 Å². The predicted molar refractivity (Wildman–Crippen MR) is 56.0 cm³/mol. The van der Waals surface area contributed by atoms with Gasteiger partial charge in [-0.2, -0.15) is 0 Å². The van der Waals surface area contributed by atoms with Gasteiger partial charge in [-0.25, -0.2) is 0 Å². The molecule has 84 valence electrons. The molecule has 5 nitrogen and oxygen atoms in total. The van der Waals surface area contributed by atoms with Gasteiger partial charge in [0, 0.05) is 12.5 Å². The summed E-state index contributed by atoms with van der Waals surface area (Å²) in [6.07, 6.45) is 2.23. The van der Waals surface area contributed by atoms with Crippen molar-refractivity contribution in [3.8, 4) is 0 Å². The Labute approximate surface area is 89.0 Å². The van der Waals surface area contributed by atoms with Crippen molar-refractivity contribution in [1.82, 2.24) is 10.5 Å². The summed E-state index contributed by atoms with van der Waals surface area (Å²) in [5, 5.41) is 6.48. The second-order valence-corrected chi connectivity index (χ2v) is 3.46. The first-order valence-electron chi connectivity index (χ1n) is 5.11. The first-order chi connectivity index (χ1) is 7.22. The molecule has 0 saturated carbocycles. The van der Waals surface area contributed by atoms with Crippen molar-refractivity contribution in [3.05, 3.63) is 17.5 Å². The number of nitrogens with zero attached hydrogens (tertiary/aromatic N) is 1. The SMILES string of the molecule is Cc1cc(CNC(=O)CCCCN)on1. The molecule has 1 aromatic heterocycles. The van der Waals surface area contributed by atoms with Gasteiger partial charge in [0.2, 0.25) is 5.91 Å². The Morgan fingerprint density at radius 3 is 3.00 bits per heavy atom. The summed E-state index contributed by atoms with van der Waals surface area (Å²) in [7, 11) is 0. The fourth-order valence-electron chi connectivity index (χ4n) is 1.20. The average Bonchev–Trinajstić information content (AvgIpc) is 2.62. The van der Waals surface area contributed by atoms with Gasteiger partial charge < -0.3 is 15.6 Å². The molecule has 0 radical (unpaired) electrons. The van der Waals surface area contributed by atoms with Crippen LogP contribution in [0.2, 0.25) is 0 Å². The number of nitrogens with one attached hydrogen (secondary N) is 1. The summed E-state index contributed by atoms with van der Waals surface area (Å²) in [4.78, 5) is 11.3. The molecule has 1 heterocycles. The molecule has 0 bridgehead atoms. The summed E-state index contributed by atoms with van der Waals surface area (Å²) in [6.45, 7) is 2.88. The number of hydrogen-bond acceptors (Lipinski definition) is 4. The van der Waals surface area contributed by atoms with E-state index in [4.69, 9.17) is 10.3 Å². The number of nitrogens with two attached hydrogens (primary N) is 1. The van der Waals surface area contributed by atoms with Gasteiger partial charge in [0.05, 0.1) is 12.2 Å². The molecule has 0 spiro atoms. The molecular formula is C10H17N3O2. The van der Waals surface area contributed by atoms with Crippen molar-refractivity contribution in [3.63, 3.8) is 0 Å². The van der Waals surface area contributed by atoms with E-state index < -0.39 is 0 Å². The monoisotopic (exact) mass is 211 g/mol. The molecular weight excluding hydrogens is 194 g/mol. The molecule has 0 aromatic carbocycles. The van der Waals surface area contributed by atoms with E-state index in [1.165, 1.54) is 0 Å². The van der Waals surface area contributed by atoms with E-state index in [2.05, 4.69) is 10.5 Å². The van der Waals surface area contributed by atoms with Crippen LogP contribution in [0, 0.1) is 6.92 Å². The minimum absolute atomic E-state index is 0.0255. The molecule has 15 heavy (non-hydrogen) atoms. The number of rotatable bonds is 6. The third kappa shape index (κ3) is 4.60. The first-order valence-corrected chi connectivity index (χ1v) is 5.11. The third-order valence-corrected chi connectivity index (χ3v) is 1.99. The molecule has 0 atom stereocenters. The lowest BCUT2D eigenvalue weighted by Crippen LogP contribution is -2.22. The van der Waals surface area contributed by atoms with Gasteiger partial charge >= 0.3 is 0 Å². The number of aromatic nitrogens is 1. The number of unbranched alkanes of at least 4 members (excludes halogenated alkanes) is 1. The molecule has 0 saturated heterocycles. The van der Waals surface area contributed by atoms with Crippen LogP contribution in [0.4, 0.5) is 0 Å². The molecule has 1 rings (SSSR count). The number of amides is 1. The van der Waals surface area contributed by atoms with Crippen molar-refractivity contribution < 1.29 is 9.32 Å². The molecule has 1 aromatic rings. The summed E-state index contributed by atoms with van der Waals surface area (Å²) in [6, 6.07) is 1.81. The topological polar surface area (TPSA) is 81.2 Å². The van der Waals surface area contributed by atoms with Crippen molar-refractivity contribution >= 4 is 5.91 Å². The quantitative estimate of drug-likeness (QED) is 0.680. The normalized spacial score (nSPS) is 10.3. The molecule has 0 aliphatic carbocycles. The minimum atomic E-state index is 0.0255. The first kappa shape index (κ1) is 11.7. The standard InChI is InChI=1S/C10H17N3O2/c1-8-6-9(15-13-8)7-12-10(14)4-2-3-5-11/h6H,2-5,7,11H2,1H3,(H,12,14). The number of hydrogen-bond donors (Lipinski definition) is 2. The van der Waals surface area contributed by atoms with E-state index in [0.29, 0.717) is 25.3 Å². The molecule has 3 N–H and O–H groups in total. The summed E-state index contributed by atoms with van der Waals surface area (Å²) >= 11 is 0. The van der Waals surface area contributed by atoms with Gasteiger partial charge in [-0.1, -0.05) is 5.16 Å². The average molecular weight is 211 g/mol. The van der Waals surface area contributed by atoms with Crippen LogP contribution >= 0.6 is 0 Å². The van der Waals surface area contributed by atoms with Crippen LogP contribution in [0.1, 0.15) is 30.7 Å². The Balaban J connectivity index is 2.16. The van der Waals surface area contributed by atoms with Gasteiger partial charge in [0.15, 0.2) is 5.76 Å². The third-order valence-electron chi connectivity index (χ3n) is 1.99. The lowest BCUT2D eigenvalue weighted by Gasteiger charge is -2.01. The zero-order valence-electron chi connectivity index (χ0n) is 8.95. The lowest BCUT2D eigenvalue weighted by atomic mass is 10.2. The zero-order valence-corrected chi connectivity index (χ0v) is 8.95. The van der Waals surface area contributed by atoms with Crippen LogP contribution < -0.4 is 11.1 Å². The Bertz CT molecular complexity index is 309. The Kier molecular flexibility index (Phi) is 4.83. The van der Waals surface area contributed by atoms with Gasteiger partial charge in [0.1, 0.15) is 0 Å². The highest BCUT2D eigenvalue weighted by Gasteiger charge is 2.03. The fourth-order valence-corrected chi connectivity index (χ4v) is 1.20. The van der Waals surface area contributed by atoms with E-state index in [9.17, 15) is 4.79 Å². The van der Waals surface area contributed by atoms with E-state index in [1.807, 2.05) is 6.92 Å².